The van der Waals surface area contributed by atoms with Gasteiger partial charge in [0.25, 0.3) is 11.5 Å². The molecule has 0 aliphatic carbocycles. The van der Waals surface area contributed by atoms with Crippen molar-refractivity contribution in [3.63, 3.8) is 0 Å². The van der Waals surface area contributed by atoms with E-state index in [-0.39, 0.29) is 22.5 Å². The average molecular weight is 349 g/mol. The maximum Gasteiger partial charge on any atom is 0.292 e. The molecule has 128 valence electrons. The summed E-state index contributed by atoms with van der Waals surface area (Å²) in [4.78, 5) is 24.1. The number of carbonyl (C=O) groups excluding carboxylic acids is 1. The van der Waals surface area contributed by atoms with Crippen molar-refractivity contribution >= 4 is 22.4 Å². The molecule has 0 radical (unpaired) electrons. The van der Waals surface area contributed by atoms with Gasteiger partial charge in [-0.05, 0) is 31.2 Å². The third kappa shape index (κ3) is 3.18. The summed E-state index contributed by atoms with van der Waals surface area (Å²) in [6.45, 7) is 1.52. The Morgan fingerprint density at radius 3 is 2.69 bits per heavy atom. The Hall–Kier alpha value is -3.86. The predicted molar refractivity (Wildman–Crippen MR) is 93.2 cm³/mol. The number of rotatable bonds is 3. The lowest BCUT2D eigenvalue weighted by atomic mass is 10.1. The van der Waals surface area contributed by atoms with E-state index in [9.17, 15) is 14.0 Å². The number of nitriles is 1. The van der Waals surface area contributed by atoms with Crippen molar-refractivity contribution in [3.05, 3.63) is 75.5 Å². The van der Waals surface area contributed by atoms with Crippen LogP contribution in [0.15, 0.2) is 52.4 Å². The Labute approximate surface area is 146 Å². The molecular weight excluding hydrogens is 337 g/mol. The number of aromatic amines is 1. The van der Waals surface area contributed by atoms with Crippen LogP contribution >= 0.6 is 0 Å². The fourth-order valence-electron chi connectivity index (χ4n) is 2.41. The summed E-state index contributed by atoms with van der Waals surface area (Å²) in [5.41, 5.74) is 2.45. The molecule has 0 fully saturated rings. The number of carbonyl (C=O) groups is 1. The van der Waals surface area contributed by atoms with Crippen LogP contribution in [-0.2, 0) is 0 Å². The van der Waals surface area contributed by atoms with Crippen LogP contribution in [0.4, 0.5) is 4.39 Å². The van der Waals surface area contributed by atoms with Crippen LogP contribution in [0.25, 0.3) is 10.8 Å². The van der Waals surface area contributed by atoms with Gasteiger partial charge in [-0.15, -0.1) is 0 Å². The molecule has 1 aromatic heterocycles. The molecule has 0 aliphatic rings. The van der Waals surface area contributed by atoms with Gasteiger partial charge in [0.1, 0.15) is 5.82 Å². The molecule has 0 bridgehead atoms. The largest absolute Gasteiger partial charge is 0.292 e. The number of hydrogen-bond acceptors (Lipinski definition) is 5. The van der Waals surface area contributed by atoms with E-state index in [1.54, 1.807) is 24.3 Å². The Bertz CT molecular complexity index is 1140. The second kappa shape index (κ2) is 6.94. The second-order valence-electron chi connectivity index (χ2n) is 5.39. The summed E-state index contributed by atoms with van der Waals surface area (Å²) in [5, 5.41) is 19.4. The smallest absolute Gasteiger partial charge is 0.267 e. The number of halogens is 1. The monoisotopic (exact) mass is 349 g/mol. The highest BCUT2D eigenvalue weighted by molar-refractivity contribution is 6.06. The lowest BCUT2D eigenvalue weighted by molar-refractivity contribution is 0.0950. The number of H-pyrrole nitrogens is 1. The molecule has 2 aromatic carbocycles. The molecule has 0 aliphatic heterocycles. The first-order chi connectivity index (χ1) is 12.5. The number of nitrogens with zero attached hydrogens (tertiary/aromatic N) is 3. The van der Waals surface area contributed by atoms with E-state index in [1.165, 1.54) is 19.1 Å². The quantitative estimate of drug-likeness (QED) is 0.557. The van der Waals surface area contributed by atoms with Crippen molar-refractivity contribution in [3.8, 4) is 6.07 Å². The van der Waals surface area contributed by atoms with E-state index >= 15 is 0 Å². The molecule has 3 aromatic rings. The summed E-state index contributed by atoms with van der Waals surface area (Å²) in [6, 6.07) is 12.3. The third-order valence-corrected chi connectivity index (χ3v) is 3.72. The molecule has 0 unspecified atom stereocenters. The van der Waals surface area contributed by atoms with Gasteiger partial charge in [0.15, 0.2) is 5.69 Å². The maximum atomic E-state index is 14.0. The highest BCUT2D eigenvalue weighted by Crippen LogP contribution is 2.13. The molecule has 8 heteroatoms. The average Bonchev–Trinajstić information content (AvgIpc) is 2.66. The summed E-state index contributed by atoms with van der Waals surface area (Å²) in [5.74, 6) is -1.27. The molecule has 0 spiro atoms. The van der Waals surface area contributed by atoms with Crippen LogP contribution in [0.3, 0.4) is 0 Å². The molecule has 0 saturated carbocycles. The van der Waals surface area contributed by atoms with Crippen LogP contribution in [0.1, 0.15) is 28.5 Å². The highest BCUT2D eigenvalue weighted by Gasteiger charge is 2.14. The van der Waals surface area contributed by atoms with Crippen LogP contribution in [-0.4, -0.2) is 21.8 Å². The van der Waals surface area contributed by atoms with Crippen molar-refractivity contribution in [1.29, 1.82) is 5.26 Å². The standard InChI is InChI=1S/C18H12FN5O2/c1-10(12-7-6-11(9-20)8-15(12)19)21-24-18(26)16-13-4-2-3-5-14(13)17(25)23-22-16/h2-8H,1H3,(H,23,25)(H,24,26)/b21-10+. The normalized spacial score (nSPS) is 11.2. The fraction of sp³-hybridized carbons (Fsp3) is 0.0556. The van der Waals surface area contributed by atoms with E-state index in [4.69, 9.17) is 5.26 Å². The van der Waals surface area contributed by atoms with Gasteiger partial charge in [-0.2, -0.15) is 15.5 Å². The van der Waals surface area contributed by atoms with E-state index in [0.29, 0.717) is 10.8 Å². The number of hydrazone groups is 1. The summed E-state index contributed by atoms with van der Waals surface area (Å²) < 4.78 is 14.0. The van der Waals surface area contributed by atoms with Gasteiger partial charge >= 0.3 is 0 Å². The van der Waals surface area contributed by atoms with E-state index in [0.717, 1.165) is 6.07 Å². The van der Waals surface area contributed by atoms with E-state index in [2.05, 4.69) is 20.7 Å². The lowest BCUT2D eigenvalue weighted by Crippen LogP contribution is -2.23. The first kappa shape index (κ1) is 17.0. The maximum absolute atomic E-state index is 14.0. The minimum Gasteiger partial charge on any atom is -0.267 e. The molecule has 1 heterocycles. The predicted octanol–water partition coefficient (Wildman–Crippen LogP) is 2.09. The zero-order valence-corrected chi connectivity index (χ0v) is 13.6. The van der Waals surface area contributed by atoms with Gasteiger partial charge in [0.2, 0.25) is 0 Å². The van der Waals surface area contributed by atoms with E-state index in [1.807, 2.05) is 6.07 Å². The molecule has 0 saturated heterocycles. The summed E-state index contributed by atoms with van der Waals surface area (Å²) in [7, 11) is 0. The van der Waals surface area contributed by atoms with Crippen LogP contribution < -0.4 is 11.0 Å². The number of fused-ring (bicyclic) bond motifs is 1. The molecule has 1 amide bonds. The van der Waals surface area contributed by atoms with Gasteiger partial charge in [-0.25, -0.2) is 14.9 Å². The Kier molecular flexibility index (Phi) is 4.53. The number of nitrogens with one attached hydrogen (secondary N) is 2. The fourth-order valence-corrected chi connectivity index (χ4v) is 2.41. The Morgan fingerprint density at radius 2 is 2.00 bits per heavy atom. The zero-order chi connectivity index (χ0) is 18.7. The van der Waals surface area contributed by atoms with Crippen molar-refractivity contribution in [2.24, 2.45) is 5.10 Å². The molecule has 26 heavy (non-hydrogen) atoms. The second-order valence-corrected chi connectivity index (χ2v) is 5.39. The lowest BCUT2D eigenvalue weighted by Gasteiger charge is -2.06. The molecule has 7 nitrogen and oxygen atoms in total. The zero-order valence-electron chi connectivity index (χ0n) is 13.6. The van der Waals surface area contributed by atoms with Crippen molar-refractivity contribution in [2.45, 2.75) is 6.92 Å². The molecule has 3 rings (SSSR count). The van der Waals surface area contributed by atoms with Crippen LogP contribution in [0.2, 0.25) is 0 Å². The summed E-state index contributed by atoms with van der Waals surface area (Å²) in [6.07, 6.45) is 0. The highest BCUT2D eigenvalue weighted by atomic mass is 19.1. The Balaban J connectivity index is 1.89. The van der Waals surface area contributed by atoms with Gasteiger partial charge in [-0.1, -0.05) is 18.2 Å². The minimum atomic E-state index is -0.647. The van der Waals surface area contributed by atoms with E-state index < -0.39 is 17.3 Å². The van der Waals surface area contributed by atoms with Crippen molar-refractivity contribution in [2.75, 3.05) is 0 Å². The molecule has 2 N–H and O–H groups in total. The SMILES string of the molecule is C/C(=N\NC(=O)c1n[nH]c(=O)c2ccccc12)c1ccc(C#N)cc1F. The van der Waals surface area contributed by atoms with Gasteiger partial charge < -0.3 is 0 Å². The number of hydrogen-bond donors (Lipinski definition) is 2. The molecule has 0 atom stereocenters. The number of aromatic nitrogens is 2. The van der Waals surface area contributed by atoms with Gasteiger partial charge in [-0.3, -0.25) is 9.59 Å². The third-order valence-electron chi connectivity index (χ3n) is 3.72. The van der Waals surface area contributed by atoms with Crippen LogP contribution in [0, 0.1) is 17.1 Å². The summed E-state index contributed by atoms with van der Waals surface area (Å²) >= 11 is 0. The van der Waals surface area contributed by atoms with Crippen LogP contribution in [0.5, 0.6) is 0 Å². The number of amides is 1. The minimum absolute atomic E-state index is 0.00273. The van der Waals surface area contributed by atoms with Crippen molar-refractivity contribution < 1.29 is 9.18 Å². The Morgan fingerprint density at radius 1 is 1.27 bits per heavy atom. The first-order valence-electron chi connectivity index (χ1n) is 7.53. The van der Waals surface area contributed by atoms with Gasteiger partial charge in [0.05, 0.1) is 22.7 Å². The molecular formula is C18H12FN5O2. The number of benzene rings is 2. The van der Waals surface area contributed by atoms with Crippen molar-refractivity contribution in [1.82, 2.24) is 15.6 Å². The first-order valence-corrected chi connectivity index (χ1v) is 7.53. The van der Waals surface area contributed by atoms with Gasteiger partial charge in [0, 0.05) is 10.9 Å². The topological polar surface area (TPSA) is 111 Å².